The average molecular weight is 455 g/mol. The molecule has 33 heavy (non-hydrogen) atoms. The van der Waals surface area contributed by atoms with Crippen LogP contribution in [-0.4, -0.2) is 53.1 Å². The molecule has 1 aliphatic heterocycles. The lowest BCUT2D eigenvalue weighted by molar-refractivity contribution is -0.385. The third-order valence-electron chi connectivity index (χ3n) is 5.55. The summed E-state index contributed by atoms with van der Waals surface area (Å²) in [5.41, 5.74) is 6.17. The molecular formula is C22H25N5O6. The van der Waals surface area contributed by atoms with E-state index in [2.05, 4.69) is 4.99 Å². The lowest BCUT2D eigenvalue weighted by Gasteiger charge is -2.47. The van der Waals surface area contributed by atoms with Crippen LogP contribution >= 0.6 is 0 Å². The zero-order chi connectivity index (χ0) is 24.3. The molecule has 0 spiro atoms. The zero-order valence-corrected chi connectivity index (χ0v) is 18.6. The summed E-state index contributed by atoms with van der Waals surface area (Å²) in [4.78, 5) is 16.1. The third-order valence-corrected chi connectivity index (χ3v) is 5.55. The number of aliphatic hydroxyl groups excluding tert-OH is 1. The number of aryl methyl sites for hydroxylation is 1. The van der Waals surface area contributed by atoms with Gasteiger partial charge in [-0.1, -0.05) is 17.7 Å². The first kappa shape index (κ1) is 23.9. The van der Waals surface area contributed by atoms with Gasteiger partial charge < -0.3 is 25.1 Å². The van der Waals surface area contributed by atoms with Crippen molar-refractivity contribution in [3.05, 3.63) is 63.7 Å². The highest BCUT2D eigenvalue weighted by molar-refractivity contribution is 5.83. The zero-order valence-electron chi connectivity index (χ0n) is 18.6. The predicted molar refractivity (Wildman–Crippen MR) is 119 cm³/mol. The van der Waals surface area contributed by atoms with E-state index >= 15 is 0 Å². The number of benzene rings is 2. The number of nitro groups is 1. The van der Waals surface area contributed by atoms with Crippen molar-refractivity contribution >= 4 is 17.3 Å². The van der Waals surface area contributed by atoms with E-state index in [0.29, 0.717) is 5.69 Å². The van der Waals surface area contributed by atoms with Gasteiger partial charge in [-0.3, -0.25) is 10.1 Å². The molecule has 3 rings (SSSR count). The van der Waals surface area contributed by atoms with Gasteiger partial charge in [0.2, 0.25) is 5.96 Å². The smallest absolute Gasteiger partial charge is 0.270 e. The Labute approximate surface area is 190 Å². The van der Waals surface area contributed by atoms with Crippen molar-refractivity contribution in [3.8, 4) is 11.9 Å². The quantitative estimate of drug-likeness (QED) is 0.127. The second-order valence-corrected chi connectivity index (χ2v) is 7.73. The van der Waals surface area contributed by atoms with E-state index in [9.17, 15) is 20.5 Å². The van der Waals surface area contributed by atoms with E-state index in [1.807, 2.05) is 25.2 Å². The number of nitrogens with two attached hydrogens (primary N) is 1. The number of non-ortho nitro benzene ring substituents is 1. The van der Waals surface area contributed by atoms with Gasteiger partial charge in [-0.05, 0) is 32.0 Å². The minimum atomic E-state index is -1.49. The van der Waals surface area contributed by atoms with Crippen molar-refractivity contribution in [2.45, 2.75) is 37.9 Å². The lowest BCUT2D eigenvalue weighted by atomic mass is 9.83. The number of fused-ring (bicyclic) bond motifs is 1. The molecule has 2 aromatic carbocycles. The largest absolute Gasteiger partial charge is 0.479 e. The molecular weight excluding hydrogens is 430 g/mol. The second-order valence-electron chi connectivity index (χ2n) is 7.73. The van der Waals surface area contributed by atoms with Gasteiger partial charge in [0.05, 0.1) is 10.6 Å². The topological polar surface area (TPSA) is 156 Å². The van der Waals surface area contributed by atoms with E-state index in [-0.39, 0.29) is 23.0 Å². The number of ether oxygens (including phenoxy) is 3. The summed E-state index contributed by atoms with van der Waals surface area (Å²) in [6, 6.07) is 9.86. The van der Waals surface area contributed by atoms with Gasteiger partial charge in [-0.15, -0.1) is 0 Å². The number of nitrogens with zero attached hydrogens (tertiary/aromatic N) is 4. The van der Waals surface area contributed by atoms with Crippen LogP contribution in [0.5, 0.6) is 5.75 Å². The van der Waals surface area contributed by atoms with Crippen LogP contribution in [0.25, 0.3) is 0 Å². The van der Waals surface area contributed by atoms with Gasteiger partial charge in [0.25, 0.3) is 5.69 Å². The van der Waals surface area contributed by atoms with Crippen LogP contribution in [0.4, 0.5) is 11.4 Å². The highest BCUT2D eigenvalue weighted by Crippen LogP contribution is 2.46. The first-order valence-electron chi connectivity index (χ1n) is 9.97. The minimum absolute atomic E-state index is 0.198. The number of nitriles is 1. The molecule has 3 N–H and O–H groups in total. The Morgan fingerprint density at radius 3 is 2.52 bits per heavy atom. The third kappa shape index (κ3) is 4.45. The normalized spacial score (nSPS) is 22.3. The average Bonchev–Trinajstić information content (AvgIpc) is 2.78. The second kappa shape index (κ2) is 9.41. The van der Waals surface area contributed by atoms with E-state index in [1.54, 1.807) is 19.1 Å². The fraction of sp³-hybridized carbons (Fsp3) is 0.364. The van der Waals surface area contributed by atoms with Gasteiger partial charge in [-0.2, -0.15) is 5.26 Å². The molecule has 0 amide bonds. The first-order valence-corrected chi connectivity index (χ1v) is 9.97. The highest BCUT2D eigenvalue weighted by Gasteiger charge is 2.54. The van der Waals surface area contributed by atoms with Crippen molar-refractivity contribution in [2.75, 3.05) is 14.2 Å². The molecule has 3 unspecified atom stereocenters. The maximum absolute atomic E-state index is 11.4. The first-order chi connectivity index (χ1) is 15.7. The summed E-state index contributed by atoms with van der Waals surface area (Å²) in [6.45, 7) is 3.47. The Bertz CT molecular complexity index is 1100. The lowest BCUT2D eigenvalue weighted by Crippen LogP contribution is -2.62. The Kier molecular flexibility index (Phi) is 6.83. The summed E-state index contributed by atoms with van der Waals surface area (Å²) in [5, 5.41) is 32.8. The van der Waals surface area contributed by atoms with Crippen LogP contribution < -0.4 is 10.5 Å². The molecule has 0 radical (unpaired) electrons. The van der Waals surface area contributed by atoms with Crippen molar-refractivity contribution in [1.82, 2.24) is 4.90 Å². The molecule has 11 nitrogen and oxygen atoms in total. The summed E-state index contributed by atoms with van der Waals surface area (Å²) >= 11 is 0. The number of nitro benzene ring substituents is 1. The minimum Gasteiger partial charge on any atom is -0.479 e. The van der Waals surface area contributed by atoms with Gasteiger partial charge in [0, 0.05) is 31.9 Å². The summed E-state index contributed by atoms with van der Waals surface area (Å²) in [6.07, 6.45) is -0.542. The number of aliphatic hydroxyl groups is 1. The van der Waals surface area contributed by atoms with Crippen LogP contribution in [0.15, 0.2) is 47.5 Å². The van der Waals surface area contributed by atoms with Gasteiger partial charge in [0.15, 0.2) is 18.1 Å². The molecule has 2 aromatic rings. The number of guanidine groups is 1. The SMILES string of the molecule is COC(OC)C1(C)Oc2ccc([N+](=O)[O-])cc2C(N(C#N)C(N)=Nc2ccc(C)cc2)C1O. The molecule has 0 bridgehead atoms. The van der Waals surface area contributed by atoms with Gasteiger partial charge in [0.1, 0.15) is 17.9 Å². The summed E-state index contributed by atoms with van der Waals surface area (Å²) in [7, 11) is 2.76. The molecule has 0 aromatic heterocycles. The fourth-order valence-electron chi connectivity index (χ4n) is 3.85. The molecule has 0 saturated heterocycles. The van der Waals surface area contributed by atoms with Crippen LogP contribution in [0.1, 0.15) is 24.1 Å². The van der Waals surface area contributed by atoms with Crippen LogP contribution in [0, 0.1) is 28.5 Å². The van der Waals surface area contributed by atoms with Crippen molar-refractivity contribution in [2.24, 2.45) is 10.7 Å². The van der Waals surface area contributed by atoms with E-state index in [1.165, 1.54) is 32.4 Å². The number of hydrogen-bond donors (Lipinski definition) is 2. The maximum atomic E-state index is 11.4. The van der Waals surface area contributed by atoms with E-state index in [4.69, 9.17) is 19.9 Å². The molecule has 1 heterocycles. The van der Waals surface area contributed by atoms with Gasteiger partial charge in [-0.25, -0.2) is 9.89 Å². The predicted octanol–water partition coefficient (Wildman–Crippen LogP) is 2.50. The van der Waals surface area contributed by atoms with Crippen molar-refractivity contribution in [1.29, 1.82) is 5.26 Å². The van der Waals surface area contributed by atoms with Gasteiger partial charge >= 0.3 is 0 Å². The Hall–Kier alpha value is -3.72. The Morgan fingerprint density at radius 1 is 1.33 bits per heavy atom. The summed E-state index contributed by atoms with van der Waals surface area (Å²) < 4.78 is 16.7. The maximum Gasteiger partial charge on any atom is 0.270 e. The fourth-order valence-corrected chi connectivity index (χ4v) is 3.85. The van der Waals surface area contributed by atoms with Crippen LogP contribution in [-0.2, 0) is 9.47 Å². The molecule has 3 atom stereocenters. The molecule has 1 aliphatic rings. The number of aliphatic imine (C=N–C) groups is 1. The van der Waals surface area contributed by atoms with E-state index < -0.39 is 29.0 Å². The van der Waals surface area contributed by atoms with Crippen LogP contribution in [0.2, 0.25) is 0 Å². The van der Waals surface area contributed by atoms with Crippen molar-refractivity contribution < 1.29 is 24.2 Å². The van der Waals surface area contributed by atoms with Crippen LogP contribution in [0.3, 0.4) is 0 Å². The van der Waals surface area contributed by atoms with Crippen molar-refractivity contribution in [3.63, 3.8) is 0 Å². The van der Waals surface area contributed by atoms with E-state index in [0.717, 1.165) is 10.5 Å². The standard InChI is InChI=1S/C22H25N5O6/c1-13-5-7-14(8-6-13)25-21(24)26(12-23)18-16-11-15(27(29)30)9-10-17(16)33-22(2,19(18)28)20(31-3)32-4/h5-11,18-20,28H,1-4H3,(H2,24,25). The Balaban J connectivity index is 2.16. The Morgan fingerprint density at radius 2 is 1.97 bits per heavy atom. The highest BCUT2D eigenvalue weighted by atomic mass is 16.7. The molecule has 174 valence electrons. The molecule has 0 fully saturated rings. The number of methoxy groups -OCH3 is 2. The molecule has 0 saturated carbocycles. The molecule has 0 aliphatic carbocycles. The number of rotatable bonds is 6. The monoisotopic (exact) mass is 455 g/mol. The molecule has 11 heteroatoms. The number of hydrogen-bond acceptors (Lipinski definition) is 8. The summed E-state index contributed by atoms with van der Waals surface area (Å²) in [5.74, 6) is -0.000575.